The van der Waals surface area contributed by atoms with E-state index in [1.165, 1.54) is 20.3 Å². The number of thioether (sulfide) groups is 1. The lowest BCUT2D eigenvalue weighted by atomic mass is 9.99. The maximum absolute atomic E-state index is 13.2. The van der Waals surface area contributed by atoms with E-state index in [-0.39, 0.29) is 0 Å². The standard InChI is InChI=1S/C39H46ClN5O3S2/c1-2-43(28-29-49-37-9-4-3-5-10-37)36-20-22-45(23-21-36)50(47,48)41-39(46)32-14-18-35(19-15-32)44-26-24-42(25-27-44)30-33-8-6-7-11-38(33)31-12-16-34(40)17-13-31/h3-19,36H,2,20-30H2,1H3,(H,41,46). The first-order valence-corrected chi connectivity index (χ1v) is 20.2. The van der Waals surface area contributed by atoms with E-state index in [9.17, 15) is 13.2 Å². The highest BCUT2D eigenvalue weighted by molar-refractivity contribution is 7.99. The molecule has 0 radical (unpaired) electrons. The van der Waals surface area contributed by atoms with Gasteiger partial charge in [0.15, 0.2) is 0 Å². The Labute approximate surface area is 306 Å². The Morgan fingerprint density at radius 3 is 2.18 bits per heavy atom. The summed E-state index contributed by atoms with van der Waals surface area (Å²) in [7, 11) is -3.94. The van der Waals surface area contributed by atoms with Gasteiger partial charge in [-0.25, -0.2) is 4.72 Å². The zero-order valence-corrected chi connectivity index (χ0v) is 31.0. The number of nitrogens with one attached hydrogen (secondary N) is 1. The molecule has 0 bridgehead atoms. The number of anilines is 1. The van der Waals surface area contributed by atoms with Crippen LogP contribution in [0, 0.1) is 0 Å². The van der Waals surface area contributed by atoms with Crippen LogP contribution in [0.25, 0.3) is 11.1 Å². The van der Waals surface area contributed by atoms with Crippen molar-refractivity contribution in [1.82, 2.24) is 18.8 Å². The van der Waals surface area contributed by atoms with Crippen molar-refractivity contribution in [2.45, 2.75) is 37.2 Å². The molecule has 0 saturated carbocycles. The maximum Gasteiger partial charge on any atom is 0.304 e. The molecule has 6 rings (SSSR count). The highest BCUT2D eigenvalue weighted by atomic mass is 35.5. The number of amides is 1. The lowest BCUT2D eigenvalue weighted by Crippen LogP contribution is -2.51. The third kappa shape index (κ3) is 9.48. The van der Waals surface area contributed by atoms with E-state index in [1.807, 2.05) is 42.1 Å². The molecular formula is C39H46ClN5O3S2. The van der Waals surface area contributed by atoms with Crippen molar-refractivity contribution in [3.05, 3.63) is 119 Å². The fraction of sp³-hybridized carbons (Fsp3) is 0.359. The van der Waals surface area contributed by atoms with Crippen molar-refractivity contribution in [3.63, 3.8) is 0 Å². The normalized spacial score (nSPS) is 16.5. The van der Waals surface area contributed by atoms with Crippen LogP contribution in [0.3, 0.4) is 0 Å². The molecule has 2 heterocycles. The van der Waals surface area contributed by atoms with Gasteiger partial charge in [0.1, 0.15) is 0 Å². The number of halogens is 1. The van der Waals surface area contributed by atoms with Crippen molar-refractivity contribution in [3.8, 4) is 11.1 Å². The first kappa shape index (κ1) is 36.4. The average Bonchev–Trinajstić information content (AvgIpc) is 3.15. The van der Waals surface area contributed by atoms with Crippen LogP contribution in [0.15, 0.2) is 108 Å². The number of piperazine rings is 1. The van der Waals surface area contributed by atoms with Crippen LogP contribution in [0.2, 0.25) is 5.02 Å². The van der Waals surface area contributed by atoms with Gasteiger partial charge < -0.3 is 4.90 Å². The highest BCUT2D eigenvalue weighted by Gasteiger charge is 2.31. The van der Waals surface area contributed by atoms with Gasteiger partial charge >= 0.3 is 10.2 Å². The van der Waals surface area contributed by atoms with Gasteiger partial charge in [-0.15, -0.1) is 11.8 Å². The summed E-state index contributed by atoms with van der Waals surface area (Å²) in [6.07, 6.45) is 1.49. The Morgan fingerprint density at radius 1 is 0.840 bits per heavy atom. The van der Waals surface area contributed by atoms with Gasteiger partial charge in [0.2, 0.25) is 0 Å². The lowest BCUT2D eigenvalue weighted by molar-refractivity contribution is 0.0976. The molecular weight excluding hydrogens is 686 g/mol. The second kappa shape index (κ2) is 17.2. The van der Waals surface area contributed by atoms with Crippen molar-refractivity contribution < 1.29 is 13.2 Å². The van der Waals surface area contributed by atoms with Crippen LogP contribution in [-0.2, 0) is 16.8 Å². The molecule has 264 valence electrons. The summed E-state index contributed by atoms with van der Waals surface area (Å²) in [6.45, 7) is 9.24. The highest BCUT2D eigenvalue weighted by Crippen LogP contribution is 2.27. The van der Waals surface area contributed by atoms with E-state index >= 15 is 0 Å². The molecule has 1 N–H and O–H groups in total. The minimum atomic E-state index is -3.94. The third-order valence-electron chi connectivity index (χ3n) is 9.73. The van der Waals surface area contributed by atoms with Crippen LogP contribution >= 0.6 is 23.4 Å². The molecule has 0 spiro atoms. The van der Waals surface area contributed by atoms with Gasteiger partial charge in [0.25, 0.3) is 5.91 Å². The quantitative estimate of drug-likeness (QED) is 0.150. The first-order chi connectivity index (χ1) is 24.3. The maximum atomic E-state index is 13.2. The molecule has 2 aliphatic heterocycles. The molecule has 0 atom stereocenters. The number of hydrogen-bond acceptors (Lipinski definition) is 7. The molecule has 4 aromatic carbocycles. The summed E-state index contributed by atoms with van der Waals surface area (Å²) >= 11 is 7.96. The van der Waals surface area contributed by atoms with Crippen molar-refractivity contribution in [2.75, 3.05) is 63.0 Å². The zero-order valence-electron chi connectivity index (χ0n) is 28.6. The lowest BCUT2D eigenvalue weighted by Gasteiger charge is -2.37. The third-order valence-corrected chi connectivity index (χ3v) is 12.5. The number of benzene rings is 4. The van der Waals surface area contributed by atoms with E-state index in [2.05, 4.69) is 87.0 Å². The van der Waals surface area contributed by atoms with Crippen molar-refractivity contribution in [2.24, 2.45) is 0 Å². The summed E-state index contributed by atoms with van der Waals surface area (Å²) in [5.74, 6) is 0.387. The Hall–Kier alpha value is -3.38. The van der Waals surface area contributed by atoms with E-state index in [0.717, 1.165) is 80.7 Å². The minimum absolute atomic E-state index is 0.331. The van der Waals surface area contributed by atoms with Gasteiger partial charge in [-0.3, -0.25) is 14.6 Å². The summed E-state index contributed by atoms with van der Waals surface area (Å²) < 4.78 is 30.1. The fourth-order valence-electron chi connectivity index (χ4n) is 6.88. The number of piperidine rings is 1. The molecule has 2 fully saturated rings. The molecule has 11 heteroatoms. The molecule has 0 aromatic heterocycles. The van der Waals surface area contributed by atoms with Gasteiger partial charge in [0.05, 0.1) is 0 Å². The van der Waals surface area contributed by atoms with Gasteiger partial charge in [-0.2, -0.15) is 12.7 Å². The molecule has 1 amide bonds. The molecule has 0 unspecified atom stereocenters. The summed E-state index contributed by atoms with van der Waals surface area (Å²) in [4.78, 5) is 21.5. The molecule has 50 heavy (non-hydrogen) atoms. The van der Waals surface area contributed by atoms with Gasteiger partial charge in [-0.1, -0.05) is 73.1 Å². The number of carbonyl (C=O) groups excluding carboxylic acids is 1. The van der Waals surface area contributed by atoms with Crippen LogP contribution < -0.4 is 9.62 Å². The summed E-state index contributed by atoms with van der Waals surface area (Å²) in [5.41, 5.74) is 5.02. The van der Waals surface area contributed by atoms with Crippen molar-refractivity contribution in [1.29, 1.82) is 0 Å². The number of carbonyl (C=O) groups is 1. The Kier molecular flexibility index (Phi) is 12.5. The number of nitrogens with zero attached hydrogens (tertiary/aromatic N) is 4. The zero-order chi connectivity index (χ0) is 34.9. The predicted octanol–water partition coefficient (Wildman–Crippen LogP) is 6.88. The molecule has 4 aromatic rings. The average molecular weight is 732 g/mol. The van der Waals surface area contributed by atoms with E-state index in [1.54, 1.807) is 12.1 Å². The largest absolute Gasteiger partial charge is 0.369 e. The Morgan fingerprint density at radius 2 is 1.50 bits per heavy atom. The second-order valence-electron chi connectivity index (χ2n) is 12.8. The van der Waals surface area contributed by atoms with Crippen molar-refractivity contribution >= 4 is 45.2 Å². The molecule has 0 aliphatic carbocycles. The van der Waals surface area contributed by atoms with Crippen LogP contribution in [0.5, 0.6) is 0 Å². The Balaban J connectivity index is 0.957. The van der Waals surface area contributed by atoms with E-state index in [0.29, 0.717) is 24.7 Å². The molecule has 2 aliphatic rings. The van der Waals surface area contributed by atoms with Gasteiger partial charge in [0, 0.05) is 85.3 Å². The van der Waals surface area contributed by atoms with Crippen LogP contribution in [0.4, 0.5) is 5.69 Å². The van der Waals surface area contributed by atoms with Crippen LogP contribution in [-0.4, -0.2) is 92.6 Å². The van der Waals surface area contributed by atoms with E-state index in [4.69, 9.17) is 11.6 Å². The summed E-state index contributed by atoms with van der Waals surface area (Å²) in [6, 6.07) is 34.5. The van der Waals surface area contributed by atoms with E-state index < -0.39 is 16.1 Å². The minimum Gasteiger partial charge on any atom is -0.369 e. The monoisotopic (exact) mass is 731 g/mol. The topological polar surface area (TPSA) is 76.2 Å². The number of hydrogen-bond donors (Lipinski definition) is 1. The fourth-order valence-corrected chi connectivity index (χ4v) is 9.09. The van der Waals surface area contributed by atoms with Gasteiger partial charge in [-0.05, 0) is 84.6 Å². The SMILES string of the molecule is CCN(CCSc1ccccc1)C1CCN(S(=O)(=O)NC(=O)c2ccc(N3CCN(Cc4ccccc4-c4ccc(Cl)cc4)CC3)cc2)CC1. The number of rotatable bonds is 13. The summed E-state index contributed by atoms with van der Waals surface area (Å²) in [5, 5.41) is 0.732. The first-order valence-electron chi connectivity index (χ1n) is 17.4. The molecule has 2 saturated heterocycles. The van der Waals surface area contributed by atoms with Crippen LogP contribution in [0.1, 0.15) is 35.7 Å². The Bertz CT molecular complexity index is 1790. The smallest absolute Gasteiger partial charge is 0.304 e. The second-order valence-corrected chi connectivity index (χ2v) is 16.1. The predicted molar refractivity (Wildman–Crippen MR) is 206 cm³/mol. The molecule has 8 nitrogen and oxygen atoms in total.